The molecule has 1 aromatic heterocycles. The molecule has 1 aliphatic rings. The average molecular weight is 458 g/mol. The van der Waals surface area contributed by atoms with Crippen LogP contribution in [0.4, 0.5) is 17.6 Å². The number of carbonyl (C=O) groups is 2. The number of thioether (sulfide) groups is 1. The van der Waals surface area contributed by atoms with Crippen molar-refractivity contribution in [2.45, 2.75) is 29.0 Å². The molecule has 12 heteroatoms. The van der Waals surface area contributed by atoms with Crippen molar-refractivity contribution >= 4 is 34.9 Å². The Balaban J connectivity index is 1.52. The highest BCUT2D eigenvalue weighted by Crippen LogP contribution is 2.31. The molecule has 3 rings (SSSR count). The van der Waals surface area contributed by atoms with Crippen LogP contribution < -0.4 is 5.32 Å². The highest BCUT2D eigenvalue weighted by atomic mass is 32.2. The van der Waals surface area contributed by atoms with Gasteiger partial charge in [0.2, 0.25) is 5.91 Å². The molecule has 0 radical (unpaired) electrons. The summed E-state index contributed by atoms with van der Waals surface area (Å²) in [6.07, 6.45) is -0.728. The van der Waals surface area contributed by atoms with Crippen molar-refractivity contribution in [1.29, 1.82) is 5.26 Å². The van der Waals surface area contributed by atoms with Gasteiger partial charge >= 0.3 is 0 Å². The van der Waals surface area contributed by atoms with Crippen LogP contribution in [0, 0.1) is 23.0 Å². The van der Waals surface area contributed by atoms with Gasteiger partial charge in [0.1, 0.15) is 16.7 Å². The first-order chi connectivity index (χ1) is 14.2. The molecule has 2 amide bonds. The van der Waals surface area contributed by atoms with Crippen LogP contribution in [0.15, 0.2) is 28.5 Å². The molecule has 2 heterocycles. The Morgan fingerprint density at radius 1 is 1.37 bits per heavy atom. The van der Waals surface area contributed by atoms with Crippen molar-refractivity contribution in [3.05, 3.63) is 45.9 Å². The minimum Gasteiger partial charge on any atom is -0.342 e. The highest BCUT2D eigenvalue weighted by Gasteiger charge is 2.47. The minimum absolute atomic E-state index is 0.0391. The minimum atomic E-state index is -3.13. The van der Waals surface area contributed by atoms with Gasteiger partial charge in [0.05, 0.1) is 24.9 Å². The van der Waals surface area contributed by atoms with Crippen molar-refractivity contribution in [2.75, 3.05) is 13.1 Å². The van der Waals surface area contributed by atoms with E-state index in [9.17, 15) is 27.2 Å². The van der Waals surface area contributed by atoms with E-state index in [4.69, 9.17) is 5.26 Å². The predicted molar refractivity (Wildman–Crippen MR) is 101 cm³/mol. The van der Waals surface area contributed by atoms with Crippen LogP contribution in [0.2, 0.25) is 0 Å². The summed E-state index contributed by atoms with van der Waals surface area (Å²) in [6.45, 7) is -1.40. The Kier molecular flexibility index (Phi) is 6.62. The third-order valence-electron chi connectivity index (χ3n) is 4.18. The first kappa shape index (κ1) is 22.0. The molecular weight excluding hydrogens is 444 g/mol. The molecule has 1 aliphatic heterocycles. The van der Waals surface area contributed by atoms with Crippen LogP contribution in [0.25, 0.3) is 0 Å². The lowest BCUT2D eigenvalue weighted by Gasteiger charge is -2.19. The lowest BCUT2D eigenvalue weighted by molar-refractivity contribution is -0.131. The van der Waals surface area contributed by atoms with Crippen molar-refractivity contribution in [3.63, 3.8) is 0 Å². The van der Waals surface area contributed by atoms with E-state index in [1.54, 1.807) is 6.07 Å². The molecule has 1 saturated heterocycles. The summed E-state index contributed by atoms with van der Waals surface area (Å²) in [7, 11) is 0. The Bertz CT molecular complexity index is 1010. The summed E-state index contributed by atoms with van der Waals surface area (Å²) in [4.78, 5) is 29.6. The topological polar surface area (TPSA) is 86.1 Å². The molecule has 6 nitrogen and oxygen atoms in total. The van der Waals surface area contributed by atoms with Gasteiger partial charge in [-0.3, -0.25) is 9.59 Å². The maximum Gasteiger partial charge on any atom is 0.271 e. The number of thiazole rings is 1. The third-order valence-corrected chi connectivity index (χ3v) is 6.21. The number of amides is 2. The van der Waals surface area contributed by atoms with E-state index in [0.29, 0.717) is 15.7 Å². The maximum absolute atomic E-state index is 13.4. The molecule has 0 unspecified atom stereocenters. The number of halogens is 4. The zero-order chi connectivity index (χ0) is 21.9. The van der Waals surface area contributed by atoms with E-state index >= 15 is 0 Å². The lowest BCUT2D eigenvalue weighted by Crippen LogP contribution is -2.43. The first-order valence-corrected chi connectivity index (χ1v) is 10.4. The number of hydrogen-bond donors (Lipinski definition) is 1. The van der Waals surface area contributed by atoms with Crippen molar-refractivity contribution in [3.8, 4) is 6.07 Å². The van der Waals surface area contributed by atoms with Gasteiger partial charge in [-0.25, -0.2) is 22.5 Å². The number of nitriles is 1. The van der Waals surface area contributed by atoms with Crippen LogP contribution in [0.3, 0.4) is 0 Å². The fraction of sp³-hybridized carbons (Fsp3) is 0.333. The zero-order valence-corrected chi connectivity index (χ0v) is 16.8. The van der Waals surface area contributed by atoms with Crippen LogP contribution >= 0.6 is 23.1 Å². The molecular formula is C18H14F4N4O2S2. The Morgan fingerprint density at radius 3 is 2.83 bits per heavy atom. The molecule has 2 aromatic rings. The van der Waals surface area contributed by atoms with E-state index in [1.807, 2.05) is 0 Å². The lowest BCUT2D eigenvalue weighted by atomic mass is 10.2. The quantitative estimate of drug-likeness (QED) is 0.531. The van der Waals surface area contributed by atoms with Gasteiger partial charge in [-0.15, -0.1) is 23.1 Å². The normalized spacial score (nSPS) is 17.6. The molecule has 0 spiro atoms. The molecule has 0 aliphatic carbocycles. The summed E-state index contributed by atoms with van der Waals surface area (Å²) >= 11 is 2.38. The van der Waals surface area contributed by atoms with Crippen LogP contribution in [0.1, 0.15) is 21.9 Å². The van der Waals surface area contributed by atoms with Crippen molar-refractivity contribution in [1.82, 2.24) is 15.2 Å². The molecule has 0 bridgehead atoms. The Labute approximate surface area is 176 Å². The van der Waals surface area contributed by atoms with E-state index in [0.717, 1.165) is 17.0 Å². The second kappa shape index (κ2) is 9.01. The number of benzene rings is 1. The van der Waals surface area contributed by atoms with Crippen LogP contribution in [-0.2, 0) is 10.5 Å². The number of nitrogens with zero attached hydrogens (tertiary/aromatic N) is 3. The average Bonchev–Trinajstić information content (AvgIpc) is 3.30. The smallest absolute Gasteiger partial charge is 0.271 e. The summed E-state index contributed by atoms with van der Waals surface area (Å²) < 4.78 is 53.0. The van der Waals surface area contributed by atoms with E-state index in [2.05, 4.69) is 10.3 Å². The van der Waals surface area contributed by atoms with Crippen LogP contribution in [-0.4, -0.2) is 46.8 Å². The van der Waals surface area contributed by atoms with Crippen molar-refractivity contribution in [2.24, 2.45) is 0 Å². The second-order valence-electron chi connectivity index (χ2n) is 6.40. The number of carbonyl (C=O) groups excluding carboxylic acids is 2. The standard InChI is InChI=1S/C18H14F4N4O2S2/c19-12-2-1-11(3-13(12)20)29-8-15-25-14(7-30-15)17(28)24-6-16(27)26-9-18(21,22)4-10(26)5-23/h1-3,7,10H,4,6,8-9H2,(H,24,28)/t10-/m0/s1. The monoisotopic (exact) mass is 458 g/mol. The predicted octanol–water partition coefficient (Wildman–Crippen LogP) is 3.20. The zero-order valence-electron chi connectivity index (χ0n) is 15.2. The van der Waals surface area contributed by atoms with Gasteiger partial charge in [0, 0.05) is 16.7 Å². The van der Waals surface area contributed by atoms with Crippen LogP contribution in [0.5, 0.6) is 0 Å². The van der Waals surface area contributed by atoms with Crippen molar-refractivity contribution < 1.29 is 27.2 Å². The Hall–Kier alpha value is -2.65. The van der Waals surface area contributed by atoms with Gasteiger partial charge in [0.25, 0.3) is 11.8 Å². The molecule has 30 heavy (non-hydrogen) atoms. The summed E-state index contributed by atoms with van der Waals surface area (Å²) in [5.41, 5.74) is 0.0391. The fourth-order valence-electron chi connectivity index (χ4n) is 2.74. The molecule has 0 saturated carbocycles. The first-order valence-electron chi connectivity index (χ1n) is 8.56. The van der Waals surface area contributed by atoms with Gasteiger partial charge < -0.3 is 10.2 Å². The van der Waals surface area contributed by atoms with Gasteiger partial charge in [-0.1, -0.05) is 0 Å². The largest absolute Gasteiger partial charge is 0.342 e. The number of nitrogens with one attached hydrogen (secondary N) is 1. The highest BCUT2D eigenvalue weighted by molar-refractivity contribution is 7.98. The van der Waals surface area contributed by atoms with E-state index in [-0.39, 0.29) is 5.69 Å². The Morgan fingerprint density at radius 2 is 2.13 bits per heavy atom. The number of likely N-dealkylation sites (tertiary alicyclic amines) is 1. The molecule has 1 N–H and O–H groups in total. The third kappa shape index (κ3) is 5.28. The second-order valence-corrected chi connectivity index (χ2v) is 8.39. The number of alkyl halides is 2. The van der Waals surface area contributed by atoms with Gasteiger partial charge in [0.15, 0.2) is 11.6 Å². The number of hydrogen-bond acceptors (Lipinski definition) is 6. The SMILES string of the molecule is N#C[C@@H]1CC(F)(F)CN1C(=O)CNC(=O)c1csc(CSc2ccc(F)c(F)c2)n1. The maximum atomic E-state index is 13.4. The molecule has 1 fully saturated rings. The summed E-state index contributed by atoms with van der Waals surface area (Å²) in [6, 6.07) is 3.93. The van der Waals surface area contributed by atoms with E-state index in [1.165, 1.54) is 34.5 Å². The number of rotatable bonds is 6. The van der Waals surface area contributed by atoms with E-state index < -0.39 is 54.9 Å². The molecule has 158 valence electrons. The van der Waals surface area contributed by atoms with Gasteiger partial charge in [-0.2, -0.15) is 5.26 Å². The summed E-state index contributed by atoms with van der Waals surface area (Å²) in [5.74, 6) is -6.16. The van der Waals surface area contributed by atoms with Gasteiger partial charge in [-0.05, 0) is 18.2 Å². The fourth-order valence-corrected chi connectivity index (χ4v) is 4.45. The molecule has 1 atom stereocenters. The molecule has 1 aromatic carbocycles. The summed E-state index contributed by atoms with van der Waals surface area (Å²) in [5, 5.41) is 13.2. The number of aromatic nitrogens is 1.